The molecule has 1 heterocycles. The smallest absolute Gasteiger partial charge is 0.349 e. The highest BCUT2D eigenvalue weighted by molar-refractivity contribution is 5.97. The van der Waals surface area contributed by atoms with Crippen molar-refractivity contribution in [2.75, 3.05) is 24.5 Å². The van der Waals surface area contributed by atoms with E-state index in [0.717, 1.165) is 24.3 Å². The van der Waals surface area contributed by atoms with Gasteiger partial charge in [0, 0.05) is 36.8 Å². The fraction of sp³-hybridized carbons (Fsp3) is 0.273. The van der Waals surface area contributed by atoms with Crippen LogP contribution in [0.15, 0.2) is 57.7 Å². The van der Waals surface area contributed by atoms with Crippen molar-refractivity contribution >= 4 is 22.6 Å². The molecule has 3 aromatic rings. The van der Waals surface area contributed by atoms with Crippen LogP contribution in [0.4, 0.5) is 5.69 Å². The second-order valence-electron chi connectivity index (χ2n) is 6.51. The standard InChI is InChI=1S/C22H24N2O4/c1-3-24(4-2)17-8-7-16-13-19(22(27)28-20(16)14-17)21(26)23-12-11-15-5-9-18(25)10-6-15/h5-10,13-14,25H,3-4,11-12H2,1-2H3,(H,23,26). The minimum Gasteiger partial charge on any atom is -0.508 e. The molecule has 2 aromatic carbocycles. The highest BCUT2D eigenvalue weighted by Crippen LogP contribution is 2.22. The Hall–Kier alpha value is -3.28. The van der Waals surface area contributed by atoms with Gasteiger partial charge in [0.15, 0.2) is 0 Å². The minimum absolute atomic E-state index is 0.00575. The second kappa shape index (κ2) is 8.61. The van der Waals surface area contributed by atoms with Crippen molar-refractivity contribution in [3.63, 3.8) is 0 Å². The van der Waals surface area contributed by atoms with Crippen LogP contribution in [0.25, 0.3) is 11.0 Å². The largest absolute Gasteiger partial charge is 0.508 e. The molecule has 3 rings (SSSR count). The Balaban J connectivity index is 1.74. The van der Waals surface area contributed by atoms with Crippen molar-refractivity contribution in [2.45, 2.75) is 20.3 Å². The molecular weight excluding hydrogens is 356 g/mol. The highest BCUT2D eigenvalue weighted by atomic mass is 16.4. The molecule has 6 heteroatoms. The Morgan fingerprint density at radius 2 is 1.79 bits per heavy atom. The first-order valence-corrected chi connectivity index (χ1v) is 9.40. The van der Waals surface area contributed by atoms with Crippen LogP contribution < -0.4 is 15.8 Å². The average molecular weight is 380 g/mol. The number of rotatable bonds is 7. The predicted molar refractivity (Wildman–Crippen MR) is 110 cm³/mol. The molecule has 0 saturated heterocycles. The zero-order valence-electron chi connectivity index (χ0n) is 16.1. The lowest BCUT2D eigenvalue weighted by atomic mass is 10.1. The van der Waals surface area contributed by atoms with Crippen LogP contribution >= 0.6 is 0 Å². The summed E-state index contributed by atoms with van der Waals surface area (Å²) < 4.78 is 5.40. The van der Waals surface area contributed by atoms with Crippen LogP contribution in [0.3, 0.4) is 0 Å². The first kappa shape index (κ1) is 19.5. The fourth-order valence-electron chi connectivity index (χ4n) is 3.12. The number of nitrogens with zero attached hydrogens (tertiary/aromatic N) is 1. The number of nitrogens with one attached hydrogen (secondary N) is 1. The normalized spacial score (nSPS) is 10.8. The summed E-state index contributed by atoms with van der Waals surface area (Å²) >= 11 is 0. The van der Waals surface area contributed by atoms with Gasteiger partial charge < -0.3 is 19.7 Å². The van der Waals surface area contributed by atoms with E-state index in [1.165, 1.54) is 0 Å². The molecule has 2 N–H and O–H groups in total. The average Bonchev–Trinajstić information content (AvgIpc) is 2.69. The number of carbonyl (C=O) groups is 1. The molecule has 146 valence electrons. The predicted octanol–water partition coefficient (Wildman–Crippen LogP) is 3.32. The number of anilines is 1. The first-order valence-electron chi connectivity index (χ1n) is 9.40. The van der Waals surface area contributed by atoms with Crippen LogP contribution in [-0.2, 0) is 6.42 Å². The number of aromatic hydroxyl groups is 1. The zero-order chi connectivity index (χ0) is 20.1. The molecule has 0 radical (unpaired) electrons. The Labute approximate surface area is 163 Å². The number of phenols is 1. The SMILES string of the molecule is CCN(CC)c1ccc2cc(C(=O)NCCc3ccc(O)cc3)c(=O)oc2c1. The molecule has 6 nitrogen and oxygen atoms in total. The molecular formula is C22H24N2O4. The molecule has 0 fully saturated rings. The molecule has 0 unspecified atom stereocenters. The van der Waals surface area contributed by atoms with Gasteiger partial charge in [-0.05, 0) is 56.2 Å². The summed E-state index contributed by atoms with van der Waals surface area (Å²) in [6.07, 6.45) is 0.595. The maximum absolute atomic E-state index is 12.4. The Morgan fingerprint density at radius 1 is 1.07 bits per heavy atom. The lowest BCUT2D eigenvalue weighted by molar-refractivity contribution is 0.0950. The van der Waals surface area contributed by atoms with Crippen molar-refractivity contribution in [1.82, 2.24) is 5.32 Å². The van der Waals surface area contributed by atoms with Crippen molar-refractivity contribution < 1.29 is 14.3 Å². The van der Waals surface area contributed by atoms with Crippen LogP contribution in [0.1, 0.15) is 29.8 Å². The summed E-state index contributed by atoms with van der Waals surface area (Å²) in [7, 11) is 0. The van der Waals surface area contributed by atoms with Crippen LogP contribution in [0.2, 0.25) is 0 Å². The van der Waals surface area contributed by atoms with Gasteiger partial charge in [-0.2, -0.15) is 0 Å². The van der Waals surface area contributed by atoms with Crippen LogP contribution in [0.5, 0.6) is 5.75 Å². The lowest BCUT2D eigenvalue weighted by Gasteiger charge is -2.21. The molecule has 0 atom stereocenters. The quantitative estimate of drug-likeness (QED) is 0.615. The van der Waals surface area contributed by atoms with E-state index >= 15 is 0 Å². The topological polar surface area (TPSA) is 82.8 Å². The van der Waals surface area contributed by atoms with Gasteiger partial charge in [-0.15, -0.1) is 0 Å². The molecule has 0 aliphatic rings. The molecule has 1 amide bonds. The van der Waals surface area contributed by atoms with Gasteiger partial charge in [0.1, 0.15) is 16.9 Å². The van der Waals surface area contributed by atoms with E-state index < -0.39 is 11.5 Å². The van der Waals surface area contributed by atoms with E-state index in [4.69, 9.17) is 4.42 Å². The number of hydrogen-bond donors (Lipinski definition) is 2. The summed E-state index contributed by atoms with van der Waals surface area (Å²) in [6, 6.07) is 14.0. The van der Waals surface area contributed by atoms with Gasteiger partial charge in [0.05, 0.1) is 0 Å². The van der Waals surface area contributed by atoms with E-state index in [2.05, 4.69) is 24.1 Å². The minimum atomic E-state index is -0.647. The van der Waals surface area contributed by atoms with Crippen molar-refractivity contribution in [1.29, 1.82) is 0 Å². The number of benzene rings is 2. The monoisotopic (exact) mass is 380 g/mol. The van der Waals surface area contributed by atoms with Gasteiger partial charge in [0.2, 0.25) is 0 Å². The van der Waals surface area contributed by atoms with Gasteiger partial charge in [-0.25, -0.2) is 4.79 Å². The summed E-state index contributed by atoms with van der Waals surface area (Å²) in [5, 5.41) is 12.7. The Morgan fingerprint density at radius 3 is 2.46 bits per heavy atom. The van der Waals surface area contributed by atoms with E-state index in [0.29, 0.717) is 23.9 Å². The Bertz CT molecular complexity index is 1020. The molecule has 0 saturated carbocycles. The van der Waals surface area contributed by atoms with Gasteiger partial charge in [0.25, 0.3) is 5.91 Å². The molecule has 0 bridgehead atoms. The van der Waals surface area contributed by atoms with Gasteiger partial charge in [-0.1, -0.05) is 12.1 Å². The molecule has 28 heavy (non-hydrogen) atoms. The summed E-state index contributed by atoms with van der Waals surface area (Å²) in [6.45, 7) is 6.22. The van der Waals surface area contributed by atoms with E-state index in [1.54, 1.807) is 30.3 Å². The van der Waals surface area contributed by atoms with E-state index in [9.17, 15) is 14.7 Å². The number of fused-ring (bicyclic) bond motifs is 1. The van der Waals surface area contributed by atoms with Crippen molar-refractivity contribution in [3.05, 3.63) is 70.1 Å². The van der Waals surface area contributed by atoms with E-state index in [1.807, 2.05) is 18.2 Å². The Kier molecular flexibility index (Phi) is 5.99. The summed E-state index contributed by atoms with van der Waals surface area (Å²) in [5.74, 6) is -0.257. The number of carbonyl (C=O) groups excluding carboxylic acids is 1. The number of phenolic OH excluding ortho intramolecular Hbond substituents is 1. The fourth-order valence-corrected chi connectivity index (χ4v) is 3.12. The van der Waals surface area contributed by atoms with Gasteiger partial charge in [-0.3, -0.25) is 4.79 Å². The summed E-state index contributed by atoms with van der Waals surface area (Å²) in [4.78, 5) is 26.9. The molecule has 1 aromatic heterocycles. The number of hydrogen-bond acceptors (Lipinski definition) is 5. The molecule has 0 aliphatic carbocycles. The second-order valence-corrected chi connectivity index (χ2v) is 6.51. The van der Waals surface area contributed by atoms with Gasteiger partial charge >= 0.3 is 5.63 Å². The molecule has 0 aliphatic heterocycles. The zero-order valence-corrected chi connectivity index (χ0v) is 16.1. The molecule has 0 spiro atoms. The maximum atomic E-state index is 12.4. The summed E-state index contributed by atoms with van der Waals surface area (Å²) in [5.41, 5.74) is 1.77. The van der Waals surface area contributed by atoms with Crippen LogP contribution in [0, 0.1) is 0 Å². The van der Waals surface area contributed by atoms with Crippen LogP contribution in [-0.4, -0.2) is 30.6 Å². The van der Waals surface area contributed by atoms with E-state index in [-0.39, 0.29) is 11.3 Å². The third-order valence-corrected chi connectivity index (χ3v) is 4.73. The first-order chi connectivity index (χ1) is 13.5. The third-order valence-electron chi connectivity index (χ3n) is 4.73. The lowest BCUT2D eigenvalue weighted by Crippen LogP contribution is -2.29. The highest BCUT2D eigenvalue weighted by Gasteiger charge is 2.14. The number of amides is 1. The maximum Gasteiger partial charge on any atom is 0.349 e. The van der Waals surface area contributed by atoms with Crippen molar-refractivity contribution in [2.24, 2.45) is 0 Å². The van der Waals surface area contributed by atoms with Crippen molar-refractivity contribution in [3.8, 4) is 5.75 Å². The third kappa shape index (κ3) is 4.34.